The Hall–Kier alpha value is -1.52. The zero-order chi connectivity index (χ0) is 8.72. The number of hydrogen-bond acceptors (Lipinski definition) is 3. The molecule has 0 aromatic heterocycles. The van der Waals surface area contributed by atoms with E-state index in [1.54, 1.807) is 7.05 Å². The molecule has 0 N–H and O–H groups in total. The van der Waals surface area contributed by atoms with Gasteiger partial charge >= 0.3 is 0 Å². The highest BCUT2D eigenvalue weighted by molar-refractivity contribution is 6.29. The zero-order valence-electron chi connectivity index (χ0n) is 6.41. The van der Waals surface area contributed by atoms with Crippen molar-refractivity contribution in [1.82, 2.24) is 4.90 Å². The van der Waals surface area contributed by atoms with Crippen molar-refractivity contribution in [2.75, 3.05) is 13.7 Å². The van der Waals surface area contributed by atoms with Crippen LogP contribution in [-0.4, -0.2) is 36.6 Å². The van der Waals surface area contributed by atoms with Crippen molar-refractivity contribution in [2.24, 2.45) is 9.98 Å². The summed E-state index contributed by atoms with van der Waals surface area (Å²) in [4.78, 5) is 20.2. The van der Waals surface area contributed by atoms with Crippen LogP contribution in [0.2, 0.25) is 0 Å². The summed E-state index contributed by atoms with van der Waals surface area (Å²) < 4.78 is 12.9. The van der Waals surface area contributed by atoms with Crippen molar-refractivity contribution in [2.45, 2.75) is 0 Å². The number of likely N-dealkylation sites (N-methyl/N-ethyl adjacent to an activating group) is 1. The van der Waals surface area contributed by atoms with E-state index in [0.29, 0.717) is 0 Å². The monoisotopic (exact) mass is 167 g/mol. The number of nitrogens with zero attached hydrogens (tertiary/aromatic N) is 3. The van der Waals surface area contributed by atoms with Crippen LogP contribution < -0.4 is 0 Å². The predicted octanol–water partition coefficient (Wildman–Crippen LogP) is 0.122. The molecule has 0 unspecified atom stereocenters. The molecule has 0 atom stereocenters. The van der Waals surface area contributed by atoms with E-state index in [4.69, 9.17) is 0 Å². The van der Waals surface area contributed by atoms with E-state index < -0.39 is 5.83 Å². The molecule has 1 amide bonds. The Morgan fingerprint density at radius 2 is 2.42 bits per heavy atom. The van der Waals surface area contributed by atoms with Gasteiger partial charge in [0.05, 0.1) is 6.21 Å². The molecule has 2 aliphatic heterocycles. The fourth-order valence-corrected chi connectivity index (χ4v) is 1.10. The van der Waals surface area contributed by atoms with E-state index in [1.807, 2.05) is 0 Å². The molecule has 2 aliphatic rings. The first-order chi connectivity index (χ1) is 5.70. The number of aliphatic imine (C=N–C) groups is 2. The maximum absolute atomic E-state index is 12.9. The summed E-state index contributed by atoms with van der Waals surface area (Å²) in [5.41, 5.74) is -0.0104. The van der Waals surface area contributed by atoms with Gasteiger partial charge in [0.2, 0.25) is 0 Å². The molecule has 0 aliphatic carbocycles. The van der Waals surface area contributed by atoms with E-state index in [9.17, 15) is 9.18 Å². The number of amides is 1. The van der Waals surface area contributed by atoms with Gasteiger partial charge in [0.25, 0.3) is 5.91 Å². The summed E-state index contributed by atoms with van der Waals surface area (Å²) in [5.74, 6) is -0.726. The highest BCUT2D eigenvalue weighted by atomic mass is 19.1. The van der Waals surface area contributed by atoms with Crippen molar-refractivity contribution < 1.29 is 9.18 Å². The molecule has 0 bridgehead atoms. The largest absolute Gasteiger partial charge is 0.322 e. The van der Waals surface area contributed by atoms with Gasteiger partial charge < -0.3 is 4.90 Å². The van der Waals surface area contributed by atoms with Crippen LogP contribution in [0.5, 0.6) is 0 Å². The lowest BCUT2D eigenvalue weighted by Gasteiger charge is -2.19. The lowest BCUT2D eigenvalue weighted by Crippen LogP contribution is -2.34. The number of amidine groups is 1. The first kappa shape index (κ1) is 7.15. The minimum atomic E-state index is -0.592. The SMILES string of the molecule is CN1CN=C2N=CC(F)=C2C1=O. The van der Waals surface area contributed by atoms with Crippen LogP contribution in [0.3, 0.4) is 0 Å². The van der Waals surface area contributed by atoms with Gasteiger partial charge in [0, 0.05) is 7.05 Å². The van der Waals surface area contributed by atoms with Crippen LogP contribution in [0, 0.1) is 0 Å². The van der Waals surface area contributed by atoms with Gasteiger partial charge in [-0.3, -0.25) is 4.79 Å². The zero-order valence-corrected chi connectivity index (χ0v) is 6.41. The second-order valence-electron chi connectivity index (χ2n) is 2.61. The summed E-state index contributed by atoms with van der Waals surface area (Å²) in [5, 5.41) is 0. The lowest BCUT2D eigenvalue weighted by atomic mass is 10.2. The van der Waals surface area contributed by atoms with Crippen LogP contribution in [-0.2, 0) is 4.79 Å². The number of hydrogen-bond donors (Lipinski definition) is 0. The average Bonchev–Trinajstić information content (AvgIpc) is 2.41. The fourth-order valence-electron chi connectivity index (χ4n) is 1.10. The molecular formula is C7H6FN3O. The molecule has 0 radical (unpaired) electrons. The normalized spacial score (nSPS) is 21.7. The topological polar surface area (TPSA) is 45.0 Å². The minimum Gasteiger partial charge on any atom is -0.322 e. The minimum absolute atomic E-state index is 0.0104. The third-order valence-corrected chi connectivity index (χ3v) is 1.76. The summed E-state index contributed by atoms with van der Waals surface area (Å²) in [6, 6.07) is 0. The Balaban J connectivity index is 2.52. The summed E-state index contributed by atoms with van der Waals surface area (Å²) in [6.07, 6.45) is 1.02. The molecular weight excluding hydrogens is 161 g/mol. The lowest BCUT2D eigenvalue weighted by molar-refractivity contribution is -0.125. The molecule has 0 fully saturated rings. The standard InChI is InChI=1S/C7H6FN3O/c1-11-3-10-6-5(7(11)12)4(8)2-9-6/h2H,3H2,1H3. The van der Waals surface area contributed by atoms with Gasteiger partial charge in [-0.1, -0.05) is 0 Å². The Kier molecular flexibility index (Phi) is 1.33. The predicted molar refractivity (Wildman–Crippen MR) is 41.7 cm³/mol. The van der Waals surface area contributed by atoms with Crippen molar-refractivity contribution in [1.29, 1.82) is 0 Å². The van der Waals surface area contributed by atoms with Gasteiger partial charge in [-0.25, -0.2) is 14.4 Å². The molecule has 0 saturated carbocycles. The van der Waals surface area contributed by atoms with Crippen molar-refractivity contribution >= 4 is 18.0 Å². The van der Waals surface area contributed by atoms with E-state index in [1.165, 1.54) is 4.90 Å². The van der Waals surface area contributed by atoms with Crippen LogP contribution >= 0.6 is 0 Å². The number of carbonyl (C=O) groups is 1. The number of allylic oxidation sites excluding steroid dienone is 1. The maximum Gasteiger partial charge on any atom is 0.261 e. The third-order valence-electron chi connectivity index (χ3n) is 1.76. The Morgan fingerprint density at radius 3 is 3.17 bits per heavy atom. The van der Waals surface area contributed by atoms with Crippen LogP contribution in [0.25, 0.3) is 0 Å². The molecule has 2 rings (SSSR count). The quantitative estimate of drug-likeness (QED) is 0.505. The molecule has 62 valence electrons. The van der Waals surface area contributed by atoms with Gasteiger partial charge in [-0.15, -0.1) is 0 Å². The van der Waals surface area contributed by atoms with Crippen molar-refractivity contribution in [3.63, 3.8) is 0 Å². The summed E-state index contributed by atoms with van der Waals surface area (Å²) in [6.45, 7) is 0.252. The van der Waals surface area contributed by atoms with Crippen molar-refractivity contribution in [3.05, 3.63) is 11.4 Å². The van der Waals surface area contributed by atoms with Gasteiger partial charge in [-0.2, -0.15) is 0 Å². The highest BCUT2D eigenvalue weighted by Gasteiger charge is 2.30. The van der Waals surface area contributed by atoms with E-state index in [-0.39, 0.29) is 24.0 Å². The molecule has 5 heteroatoms. The maximum atomic E-state index is 12.9. The molecule has 0 saturated heterocycles. The molecule has 0 aromatic rings. The van der Waals surface area contributed by atoms with E-state index in [0.717, 1.165) is 6.21 Å². The Bertz CT molecular complexity index is 343. The smallest absolute Gasteiger partial charge is 0.261 e. The van der Waals surface area contributed by atoms with E-state index in [2.05, 4.69) is 9.98 Å². The molecule has 0 spiro atoms. The number of fused-ring (bicyclic) bond motifs is 1. The number of carbonyl (C=O) groups excluding carboxylic acids is 1. The van der Waals surface area contributed by atoms with Crippen LogP contribution in [0.4, 0.5) is 4.39 Å². The van der Waals surface area contributed by atoms with Gasteiger partial charge in [0.15, 0.2) is 11.7 Å². The Morgan fingerprint density at radius 1 is 1.67 bits per heavy atom. The van der Waals surface area contributed by atoms with Crippen molar-refractivity contribution in [3.8, 4) is 0 Å². The van der Waals surface area contributed by atoms with E-state index >= 15 is 0 Å². The fraction of sp³-hybridized carbons (Fsp3) is 0.286. The van der Waals surface area contributed by atoms with Crippen LogP contribution in [0.15, 0.2) is 21.4 Å². The highest BCUT2D eigenvalue weighted by Crippen LogP contribution is 2.19. The first-order valence-electron chi connectivity index (χ1n) is 3.44. The summed E-state index contributed by atoms with van der Waals surface area (Å²) in [7, 11) is 1.57. The molecule has 12 heavy (non-hydrogen) atoms. The summed E-state index contributed by atoms with van der Waals surface area (Å²) >= 11 is 0. The molecule has 2 heterocycles. The molecule has 4 nitrogen and oxygen atoms in total. The van der Waals surface area contributed by atoms with Gasteiger partial charge in [0.1, 0.15) is 12.2 Å². The number of rotatable bonds is 0. The molecule has 0 aromatic carbocycles. The Labute approximate surface area is 68.1 Å². The third kappa shape index (κ3) is 0.792. The second-order valence-corrected chi connectivity index (χ2v) is 2.61. The number of halogens is 1. The van der Waals surface area contributed by atoms with Crippen LogP contribution in [0.1, 0.15) is 0 Å². The van der Waals surface area contributed by atoms with Gasteiger partial charge in [-0.05, 0) is 0 Å². The first-order valence-corrected chi connectivity index (χ1v) is 3.44. The second kappa shape index (κ2) is 2.23. The average molecular weight is 167 g/mol.